The summed E-state index contributed by atoms with van der Waals surface area (Å²) in [6.07, 6.45) is 2.78. The quantitative estimate of drug-likeness (QED) is 0.831. The summed E-state index contributed by atoms with van der Waals surface area (Å²) >= 11 is 0. The van der Waals surface area contributed by atoms with E-state index >= 15 is 0 Å². The Hall–Kier alpha value is -1.39. The van der Waals surface area contributed by atoms with Crippen LogP contribution in [0.25, 0.3) is 0 Å². The minimum atomic E-state index is -0.862. The van der Waals surface area contributed by atoms with E-state index in [0.29, 0.717) is 6.42 Å². The van der Waals surface area contributed by atoms with Crippen LogP contribution in [0.5, 0.6) is 5.75 Å². The van der Waals surface area contributed by atoms with Crippen molar-refractivity contribution in [2.75, 3.05) is 7.11 Å². The molecule has 1 heterocycles. The van der Waals surface area contributed by atoms with Gasteiger partial charge < -0.3 is 19.6 Å². The molecule has 0 amide bonds. The highest BCUT2D eigenvalue weighted by Crippen LogP contribution is 2.31. The van der Waals surface area contributed by atoms with E-state index in [2.05, 4.69) is 0 Å². The normalized spacial score (nSPS) is 30.3. The third kappa shape index (κ3) is 3.14. The molecule has 1 aromatic carbocycles. The summed E-state index contributed by atoms with van der Waals surface area (Å²) in [6, 6.07) is 7.93. The zero-order valence-corrected chi connectivity index (χ0v) is 11.7. The zero-order valence-electron chi connectivity index (χ0n) is 11.7. The average Bonchev–Trinajstić information content (AvgIpc) is 2.73. The fraction of sp³-hybridized carbons (Fsp3) is 0.533. The predicted molar refractivity (Wildman–Crippen MR) is 73.9 cm³/mol. The van der Waals surface area contributed by atoms with Crippen LogP contribution in [0, 0.1) is 5.41 Å². The first-order valence-electron chi connectivity index (χ1n) is 6.59. The molecule has 2 rings (SSSR count). The Bertz CT molecular complexity index is 420. The monoisotopic (exact) mass is 263 g/mol. The maximum Gasteiger partial charge on any atom is 0.205 e. The third-order valence-corrected chi connectivity index (χ3v) is 3.57. The largest absolute Gasteiger partial charge is 0.497 e. The fourth-order valence-electron chi connectivity index (χ4n) is 2.22. The molecule has 0 aliphatic carbocycles. The molecule has 1 aliphatic rings. The van der Waals surface area contributed by atoms with Gasteiger partial charge in [0.15, 0.2) is 0 Å². The Morgan fingerprint density at radius 1 is 1.21 bits per heavy atom. The maximum atomic E-state index is 7.56. The minimum Gasteiger partial charge on any atom is -0.497 e. The van der Waals surface area contributed by atoms with Gasteiger partial charge >= 0.3 is 0 Å². The second-order valence-electron chi connectivity index (χ2n) is 4.95. The first-order valence-corrected chi connectivity index (χ1v) is 6.59. The predicted octanol–water partition coefficient (Wildman–Crippen LogP) is 2.80. The van der Waals surface area contributed by atoms with Crippen LogP contribution in [0.4, 0.5) is 0 Å². The van der Waals surface area contributed by atoms with Crippen molar-refractivity contribution in [3.63, 3.8) is 0 Å². The van der Waals surface area contributed by atoms with E-state index in [-0.39, 0.29) is 12.2 Å². The van der Waals surface area contributed by atoms with Crippen LogP contribution in [-0.2, 0) is 15.9 Å². The molecule has 104 valence electrons. The Balaban J connectivity index is 1.98. The Morgan fingerprint density at radius 3 is 2.26 bits per heavy atom. The number of hydrogen-bond donors (Lipinski definition) is 1. The number of nitrogens with one attached hydrogen (secondary N) is 1. The van der Waals surface area contributed by atoms with E-state index in [1.54, 1.807) is 7.11 Å². The molecular weight excluding hydrogens is 242 g/mol. The van der Waals surface area contributed by atoms with E-state index in [1.165, 1.54) is 11.8 Å². The SMILES string of the molecule is COc1ccc(CCC2(C=N)OC(C)C(C)O2)cc1. The first kappa shape index (κ1) is 14.0. The molecular formula is C15H21NO3. The lowest BCUT2D eigenvalue weighted by atomic mass is 10.0. The van der Waals surface area contributed by atoms with Crippen molar-refractivity contribution in [3.8, 4) is 5.75 Å². The van der Waals surface area contributed by atoms with Crippen molar-refractivity contribution in [1.82, 2.24) is 0 Å². The number of rotatable bonds is 5. The van der Waals surface area contributed by atoms with Crippen molar-refractivity contribution in [1.29, 1.82) is 5.41 Å². The van der Waals surface area contributed by atoms with E-state index in [4.69, 9.17) is 19.6 Å². The molecule has 1 N–H and O–H groups in total. The topological polar surface area (TPSA) is 51.5 Å². The van der Waals surface area contributed by atoms with Gasteiger partial charge in [-0.25, -0.2) is 0 Å². The molecule has 0 aromatic heterocycles. The van der Waals surface area contributed by atoms with Gasteiger partial charge in [-0.15, -0.1) is 0 Å². The molecule has 1 fully saturated rings. The lowest BCUT2D eigenvalue weighted by molar-refractivity contribution is -0.117. The van der Waals surface area contributed by atoms with Gasteiger partial charge in [0.05, 0.1) is 25.5 Å². The molecule has 1 aliphatic heterocycles. The van der Waals surface area contributed by atoms with Gasteiger partial charge in [0.1, 0.15) is 5.75 Å². The standard InChI is InChI=1S/C15H21NO3/c1-11-12(2)19-15(10-16,18-11)9-8-13-4-6-14(17-3)7-5-13/h4-7,10-12,16H,8-9H2,1-3H3. The van der Waals surface area contributed by atoms with Gasteiger partial charge in [0.2, 0.25) is 5.79 Å². The summed E-state index contributed by atoms with van der Waals surface area (Å²) in [6.45, 7) is 3.95. The Kier molecular flexibility index (Phi) is 4.22. The molecule has 0 saturated carbocycles. The molecule has 4 nitrogen and oxygen atoms in total. The van der Waals surface area contributed by atoms with Crippen LogP contribution in [0.15, 0.2) is 24.3 Å². The Morgan fingerprint density at radius 2 is 1.79 bits per heavy atom. The van der Waals surface area contributed by atoms with Crippen LogP contribution in [0.3, 0.4) is 0 Å². The van der Waals surface area contributed by atoms with Crippen LogP contribution in [-0.4, -0.2) is 31.3 Å². The smallest absolute Gasteiger partial charge is 0.205 e. The minimum absolute atomic E-state index is 0.0254. The first-order chi connectivity index (χ1) is 9.08. The van der Waals surface area contributed by atoms with E-state index in [1.807, 2.05) is 38.1 Å². The van der Waals surface area contributed by atoms with Gasteiger partial charge in [-0.2, -0.15) is 0 Å². The third-order valence-electron chi connectivity index (χ3n) is 3.57. The molecule has 0 bridgehead atoms. The van der Waals surface area contributed by atoms with Crippen LogP contribution < -0.4 is 4.74 Å². The van der Waals surface area contributed by atoms with Gasteiger partial charge in [-0.05, 0) is 38.0 Å². The summed E-state index contributed by atoms with van der Waals surface area (Å²) in [5.74, 6) is -0.0141. The number of methoxy groups -OCH3 is 1. The summed E-state index contributed by atoms with van der Waals surface area (Å²) in [5.41, 5.74) is 1.18. The van der Waals surface area contributed by atoms with Gasteiger partial charge in [-0.3, -0.25) is 0 Å². The van der Waals surface area contributed by atoms with Crippen molar-refractivity contribution >= 4 is 6.21 Å². The molecule has 2 atom stereocenters. The van der Waals surface area contributed by atoms with Gasteiger partial charge in [0.25, 0.3) is 0 Å². The van der Waals surface area contributed by atoms with E-state index < -0.39 is 5.79 Å². The fourth-order valence-corrected chi connectivity index (χ4v) is 2.22. The van der Waals surface area contributed by atoms with Gasteiger partial charge in [0, 0.05) is 6.42 Å². The molecule has 4 heteroatoms. The van der Waals surface area contributed by atoms with Crippen molar-refractivity contribution in [2.24, 2.45) is 0 Å². The molecule has 0 spiro atoms. The average molecular weight is 263 g/mol. The summed E-state index contributed by atoms with van der Waals surface area (Å²) < 4.78 is 16.7. The molecule has 0 radical (unpaired) electrons. The van der Waals surface area contributed by atoms with Crippen LogP contribution in [0.2, 0.25) is 0 Å². The van der Waals surface area contributed by atoms with E-state index in [9.17, 15) is 0 Å². The highest BCUT2D eigenvalue weighted by molar-refractivity contribution is 5.63. The van der Waals surface area contributed by atoms with Crippen molar-refractivity contribution < 1.29 is 14.2 Å². The van der Waals surface area contributed by atoms with Gasteiger partial charge in [-0.1, -0.05) is 12.1 Å². The van der Waals surface area contributed by atoms with Crippen LogP contribution in [0.1, 0.15) is 25.8 Å². The number of hydrogen-bond acceptors (Lipinski definition) is 4. The highest BCUT2D eigenvalue weighted by Gasteiger charge is 2.42. The molecule has 1 aromatic rings. The second-order valence-corrected chi connectivity index (χ2v) is 4.95. The van der Waals surface area contributed by atoms with Crippen molar-refractivity contribution in [3.05, 3.63) is 29.8 Å². The van der Waals surface area contributed by atoms with Crippen LogP contribution >= 0.6 is 0 Å². The maximum absolute atomic E-state index is 7.56. The number of aryl methyl sites for hydroxylation is 1. The van der Waals surface area contributed by atoms with E-state index in [0.717, 1.165) is 12.2 Å². The summed E-state index contributed by atoms with van der Waals surface area (Å²) in [4.78, 5) is 0. The number of benzene rings is 1. The Labute approximate surface area is 114 Å². The van der Waals surface area contributed by atoms with Crippen molar-refractivity contribution in [2.45, 2.75) is 44.7 Å². The lowest BCUT2D eigenvalue weighted by Gasteiger charge is -2.23. The molecule has 2 unspecified atom stereocenters. The summed E-state index contributed by atoms with van der Waals surface area (Å²) in [7, 11) is 1.65. The highest BCUT2D eigenvalue weighted by atomic mass is 16.8. The summed E-state index contributed by atoms with van der Waals surface area (Å²) in [5, 5.41) is 7.56. The molecule has 19 heavy (non-hydrogen) atoms. The number of ether oxygens (including phenoxy) is 3. The molecule has 1 saturated heterocycles. The second kappa shape index (κ2) is 5.72. The zero-order chi connectivity index (χ0) is 13.9. The lowest BCUT2D eigenvalue weighted by Crippen LogP contribution is -2.33.